The van der Waals surface area contributed by atoms with Gasteiger partial charge in [0, 0.05) is 18.4 Å². The van der Waals surface area contributed by atoms with Crippen LogP contribution in [-0.4, -0.2) is 31.1 Å². The van der Waals surface area contributed by atoms with Crippen LogP contribution in [0, 0.1) is 5.92 Å². The Morgan fingerprint density at radius 2 is 1.88 bits per heavy atom. The quantitative estimate of drug-likeness (QED) is 0.800. The van der Waals surface area contributed by atoms with E-state index in [0.29, 0.717) is 22.2 Å². The third-order valence-corrected chi connectivity index (χ3v) is 5.73. The van der Waals surface area contributed by atoms with Gasteiger partial charge in [0.15, 0.2) is 0 Å². The molecule has 0 bridgehead atoms. The standard InChI is InChI=1S/C12H16BrNO2S/c1-14(9-10-7-11(13)8-10)17(15,16)12-5-3-2-4-6-12/h2-6,10-11H,7-9H2,1H3. The number of alkyl halides is 1. The molecule has 0 amide bonds. The second kappa shape index (κ2) is 5.08. The van der Waals surface area contributed by atoms with Crippen LogP contribution in [0.25, 0.3) is 0 Å². The van der Waals surface area contributed by atoms with Gasteiger partial charge in [0.25, 0.3) is 0 Å². The molecule has 0 radical (unpaired) electrons. The van der Waals surface area contributed by atoms with Crippen LogP contribution in [0.5, 0.6) is 0 Å². The van der Waals surface area contributed by atoms with Crippen LogP contribution in [0.15, 0.2) is 35.2 Å². The topological polar surface area (TPSA) is 37.4 Å². The minimum absolute atomic E-state index is 0.372. The van der Waals surface area contributed by atoms with Crippen molar-refractivity contribution >= 4 is 26.0 Å². The van der Waals surface area contributed by atoms with Crippen molar-refractivity contribution in [3.8, 4) is 0 Å². The molecule has 0 aromatic heterocycles. The van der Waals surface area contributed by atoms with Crippen LogP contribution in [-0.2, 0) is 10.0 Å². The lowest BCUT2D eigenvalue weighted by Gasteiger charge is -2.34. The first kappa shape index (κ1) is 13.1. The maximum atomic E-state index is 12.2. The van der Waals surface area contributed by atoms with Crippen molar-refractivity contribution in [2.24, 2.45) is 5.92 Å². The van der Waals surface area contributed by atoms with Crippen LogP contribution < -0.4 is 0 Å². The van der Waals surface area contributed by atoms with Crippen molar-refractivity contribution in [1.82, 2.24) is 4.31 Å². The van der Waals surface area contributed by atoms with Crippen molar-refractivity contribution in [2.45, 2.75) is 22.6 Å². The second-order valence-corrected chi connectivity index (χ2v) is 7.87. The lowest BCUT2D eigenvalue weighted by atomic mass is 9.85. The van der Waals surface area contributed by atoms with Crippen LogP contribution >= 0.6 is 15.9 Å². The molecule has 17 heavy (non-hydrogen) atoms. The van der Waals surface area contributed by atoms with E-state index >= 15 is 0 Å². The first-order valence-electron chi connectivity index (χ1n) is 5.65. The lowest BCUT2D eigenvalue weighted by Crippen LogP contribution is -2.37. The number of halogens is 1. The molecule has 1 aromatic rings. The van der Waals surface area contributed by atoms with Crippen LogP contribution in [0.1, 0.15) is 12.8 Å². The van der Waals surface area contributed by atoms with Crippen molar-refractivity contribution in [1.29, 1.82) is 0 Å². The first-order valence-corrected chi connectivity index (χ1v) is 8.01. The molecule has 94 valence electrons. The highest BCUT2D eigenvalue weighted by Gasteiger charge is 2.31. The Hall–Kier alpha value is -0.390. The summed E-state index contributed by atoms with van der Waals surface area (Å²) in [5.74, 6) is 0.489. The van der Waals surface area contributed by atoms with Crippen molar-refractivity contribution < 1.29 is 8.42 Å². The largest absolute Gasteiger partial charge is 0.242 e. The molecule has 1 aromatic carbocycles. The average Bonchev–Trinajstić information content (AvgIpc) is 2.28. The lowest BCUT2D eigenvalue weighted by molar-refractivity contribution is 0.275. The molecule has 1 fully saturated rings. The van der Waals surface area contributed by atoms with Crippen LogP contribution in [0.4, 0.5) is 0 Å². The molecule has 0 aliphatic heterocycles. The number of hydrogen-bond donors (Lipinski definition) is 0. The van der Waals surface area contributed by atoms with Crippen molar-refractivity contribution in [2.75, 3.05) is 13.6 Å². The van der Waals surface area contributed by atoms with Crippen LogP contribution in [0.2, 0.25) is 0 Å². The summed E-state index contributed by atoms with van der Waals surface area (Å²) in [6.45, 7) is 0.610. The second-order valence-electron chi connectivity index (χ2n) is 4.53. The van der Waals surface area contributed by atoms with Crippen LogP contribution in [0.3, 0.4) is 0 Å². The molecule has 0 N–H and O–H groups in total. The molecule has 0 saturated heterocycles. The molecule has 0 spiro atoms. The summed E-state index contributed by atoms with van der Waals surface area (Å²) in [6, 6.07) is 8.59. The summed E-state index contributed by atoms with van der Waals surface area (Å²) in [5.41, 5.74) is 0. The highest BCUT2D eigenvalue weighted by molar-refractivity contribution is 9.09. The van der Waals surface area contributed by atoms with E-state index in [1.54, 1.807) is 31.3 Å². The predicted molar refractivity (Wildman–Crippen MR) is 71.7 cm³/mol. The highest BCUT2D eigenvalue weighted by Crippen LogP contribution is 2.34. The summed E-state index contributed by atoms with van der Waals surface area (Å²) >= 11 is 3.52. The molecule has 5 heteroatoms. The summed E-state index contributed by atoms with van der Waals surface area (Å²) in [7, 11) is -1.65. The van der Waals surface area contributed by atoms with Gasteiger partial charge in [0.05, 0.1) is 4.90 Å². The minimum atomic E-state index is -3.31. The van der Waals surface area contributed by atoms with E-state index in [1.165, 1.54) is 4.31 Å². The summed E-state index contributed by atoms with van der Waals surface area (Å²) in [4.78, 5) is 0.942. The monoisotopic (exact) mass is 317 g/mol. The maximum Gasteiger partial charge on any atom is 0.242 e. The Kier molecular flexibility index (Phi) is 3.90. The fourth-order valence-corrected chi connectivity index (χ4v) is 4.36. The Morgan fingerprint density at radius 3 is 2.41 bits per heavy atom. The van der Waals surface area contributed by atoms with E-state index in [1.807, 2.05) is 6.07 Å². The van der Waals surface area contributed by atoms with E-state index in [4.69, 9.17) is 0 Å². The SMILES string of the molecule is CN(CC1CC(Br)C1)S(=O)(=O)c1ccccc1. The number of nitrogens with zero attached hydrogens (tertiary/aromatic N) is 1. The molecule has 0 atom stereocenters. The molecule has 3 nitrogen and oxygen atoms in total. The van der Waals surface area contributed by atoms with Gasteiger partial charge < -0.3 is 0 Å². The van der Waals surface area contributed by atoms with Gasteiger partial charge in [-0.3, -0.25) is 0 Å². The van der Waals surface area contributed by atoms with Crippen molar-refractivity contribution in [3.63, 3.8) is 0 Å². The zero-order valence-electron chi connectivity index (χ0n) is 9.71. The fourth-order valence-electron chi connectivity index (χ4n) is 2.04. The molecule has 0 heterocycles. The third-order valence-electron chi connectivity index (χ3n) is 3.14. The summed E-state index contributed by atoms with van der Waals surface area (Å²) in [6.07, 6.45) is 2.13. The Labute approximate surface area is 111 Å². The predicted octanol–water partition coefficient (Wildman–Crippen LogP) is 2.48. The van der Waals surface area contributed by atoms with E-state index in [-0.39, 0.29) is 0 Å². The zero-order valence-corrected chi connectivity index (χ0v) is 12.1. The fraction of sp³-hybridized carbons (Fsp3) is 0.500. The average molecular weight is 318 g/mol. The number of benzene rings is 1. The van der Waals surface area contributed by atoms with Gasteiger partial charge in [-0.25, -0.2) is 12.7 Å². The van der Waals surface area contributed by atoms with Gasteiger partial charge in [-0.2, -0.15) is 0 Å². The Balaban J connectivity index is 2.05. The molecule has 1 aliphatic rings. The number of rotatable bonds is 4. The molecule has 2 rings (SSSR count). The molecule has 1 saturated carbocycles. The number of sulfonamides is 1. The minimum Gasteiger partial charge on any atom is -0.207 e. The number of hydrogen-bond acceptors (Lipinski definition) is 2. The highest BCUT2D eigenvalue weighted by atomic mass is 79.9. The van der Waals surface area contributed by atoms with Gasteiger partial charge in [-0.15, -0.1) is 0 Å². The Morgan fingerprint density at radius 1 is 1.29 bits per heavy atom. The van der Waals surface area contributed by atoms with Crippen molar-refractivity contribution in [3.05, 3.63) is 30.3 Å². The van der Waals surface area contributed by atoms with Gasteiger partial charge >= 0.3 is 0 Å². The summed E-state index contributed by atoms with van der Waals surface area (Å²) < 4.78 is 25.9. The van der Waals surface area contributed by atoms with E-state index in [0.717, 1.165) is 12.8 Å². The van der Waals surface area contributed by atoms with Gasteiger partial charge in [0.2, 0.25) is 10.0 Å². The van der Waals surface area contributed by atoms with E-state index < -0.39 is 10.0 Å². The zero-order chi connectivity index (χ0) is 12.5. The van der Waals surface area contributed by atoms with Gasteiger partial charge in [-0.05, 0) is 30.9 Å². The normalized spacial score (nSPS) is 24.6. The smallest absolute Gasteiger partial charge is 0.207 e. The van der Waals surface area contributed by atoms with E-state index in [2.05, 4.69) is 15.9 Å². The maximum absolute atomic E-state index is 12.2. The van der Waals surface area contributed by atoms with Gasteiger partial charge in [0.1, 0.15) is 0 Å². The first-order chi connectivity index (χ1) is 8.00. The Bertz CT molecular complexity index is 469. The molecule has 0 unspecified atom stereocenters. The molecular formula is C12H16BrNO2S. The summed E-state index contributed by atoms with van der Waals surface area (Å²) in [5, 5.41) is 0. The third kappa shape index (κ3) is 2.89. The molecular weight excluding hydrogens is 302 g/mol. The van der Waals surface area contributed by atoms with Gasteiger partial charge in [-0.1, -0.05) is 34.1 Å². The molecule has 1 aliphatic carbocycles. The van der Waals surface area contributed by atoms with E-state index in [9.17, 15) is 8.42 Å².